The van der Waals surface area contributed by atoms with Crippen molar-refractivity contribution in [2.75, 3.05) is 13.1 Å². The number of hydrogen-bond donors (Lipinski definition) is 1. The van der Waals surface area contributed by atoms with Crippen molar-refractivity contribution >= 4 is 38.5 Å². The van der Waals surface area contributed by atoms with Gasteiger partial charge in [-0.05, 0) is 57.3 Å². The van der Waals surface area contributed by atoms with E-state index in [-0.39, 0.29) is 0 Å². The molecule has 160 valence electrons. The summed E-state index contributed by atoms with van der Waals surface area (Å²) in [5.74, 6) is 0. The maximum absolute atomic E-state index is 4.76. The Labute approximate surface area is 190 Å². The first-order valence-corrected chi connectivity index (χ1v) is 11.8. The highest BCUT2D eigenvalue weighted by atomic mass is 14.8. The molecule has 5 aromatic carbocycles. The highest BCUT2D eigenvalue weighted by Crippen LogP contribution is 2.35. The molecule has 0 heterocycles. The maximum Gasteiger partial charge on any atom is 0.0389 e. The molecule has 0 atom stereocenters. The highest BCUT2D eigenvalue weighted by Gasteiger charge is 2.09. The third kappa shape index (κ3) is 4.51. The van der Waals surface area contributed by atoms with Gasteiger partial charge in [0.2, 0.25) is 0 Å². The van der Waals surface area contributed by atoms with Gasteiger partial charge in [-0.2, -0.15) is 0 Å². The van der Waals surface area contributed by atoms with Gasteiger partial charge in [-0.1, -0.05) is 97.8 Å². The summed E-state index contributed by atoms with van der Waals surface area (Å²) in [6.45, 7) is 2.95. The average molecular weight is 419 g/mol. The molecule has 0 fully saturated rings. The Hall–Kier alpha value is -3.23. The Bertz CT molecular complexity index is 1310. The lowest BCUT2D eigenvalue weighted by Crippen LogP contribution is -2.14. The number of benzene rings is 5. The Morgan fingerprint density at radius 1 is 0.625 bits per heavy atom. The number of aliphatic imine (C=N–C) groups is 1. The van der Waals surface area contributed by atoms with E-state index in [1.54, 1.807) is 0 Å². The van der Waals surface area contributed by atoms with Crippen LogP contribution in [0.1, 0.15) is 36.8 Å². The molecule has 2 heteroatoms. The molecule has 5 rings (SSSR count). The quantitative estimate of drug-likeness (QED) is 0.143. The van der Waals surface area contributed by atoms with Gasteiger partial charge in [-0.25, -0.2) is 0 Å². The van der Waals surface area contributed by atoms with Gasteiger partial charge < -0.3 is 5.32 Å². The van der Waals surface area contributed by atoms with Crippen molar-refractivity contribution in [1.29, 1.82) is 0 Å². The van der Waals surface area contributed by atoms with E-state index < -0.39 is 0 Å². The van der Waals surface area contributed by atoms with Crippen LogP contribution in [0.15, 0.2) is 89.9 Å². The summed E-state index contributed by atoms with van der Waals surface area (Å²) in [5, 5.41) is 11.5. The van der Waals surface area contributed by atoms with Crippen molar-refractivity contribution in [3.05, 3.63) is 96.1 Å². The SMILES string of the molecule is C(=N\CCCCCCNCc1ccccc1)/c1ccc2ccc3cccc4ccc1c2c34. The Morgan fingerprint density at radius 2 is 1.34 bits per heavy atom. The molecule has 0 unspecified atom stereocenters. The van der Waals surface area contributed by atoms with Crippen LogP contribution < -0.4 is 5.32 Å². The van der Waals surface area contributed by atoms with Gasteiger partial charge in [-0.3, -0.25) is 4.99 Å². The predicted octanol–water partition coefficient (Wildman–Crippen LogP) is 7.35. The van der Waals surface area contributed by atoms with Crippen molar-refractivity contribution in [3.8, 4) is 0 Å². The Balaban J connectivity index is 1.12. The van der Waals surface area contributed by atoms with Crippen LogP contribution in [0.25, 0.3) is 32.3 Å². The molecule has 0 spiro atoms. The van der Waals surface area contributed by atoms with E-state index in [0.717, 1.165) is 26.1 Å². The summed E-state index contributed by atoms with van der Waals surface area (Å²) >= 11 is 0. The second-order valence-electron chi connectivity index (χ2n) is 8.62. The molecule has 0 radical (unpaired) electrons. The molecule has 32 heavy (non-hydrogen) atoms. The zero-order valence-electron chi connectivity index (χ0n) is 18.6. The van der Waals surface area contributed by atoms with Crippen molar-refractivity contribution in [2.24, 2.45) is 4.99 Å². The van der Waals surface area contributed by atoms with Crippen LogP contribution in [0.2, 0.25) is 0 Å². The van der Waals surface area contributed by atoms with Crippen LogP contribution >= 0.6 is 0 Å². The van der Waals surface area contributed by atoms with Gasteiger partial charge in [0.15, 0.2) is 0 Å². The summed E-state index contributed by atoms with van der Waals surface area (Å²) in [6, 6.07) is 30.6. The van der Waals surface area contributed by atoms with E-state index >= 15 is 0 Å². The molecule has 5 aromatic rings. The fourth-order valence-electron chi connectivity index (χ4n) is 4.67. The van der Waals surface area contributed by atoms with Crippen LogP contribution in [0.4, 0.5) is 0 Å². The van der Waals surface area contributed by atoms with Gasteiger partial charge in [0, 0.05) is 24.9 Å². The van der Waals surface area contributed by atoms with E-state index in [1.807, 2.05) is 0 Å². The number of unbranched alkanes of at least 4 members (excludes halogenated alkanes) is 3. The standard InChI is InChI=1S/C30H30N2/c1(6-19-31-21-23-9-4-3-5-10-23)2-7-20-32-22-27-16-15-26-14-13-24-11-8-12-25-17-18-28(27)30(26)29(24)25/h3-5,8-18,22,31H,1-2,6-7,19-21H2/b32-22+. The Kier molecular flexibility index (Phi) is 6.41. The van der Waals surface area contributed by atoms with E-state index in [9.17, 15) is 0 Å². The van der Waals surface area contributed by atoms with Crippen molar-refractivity contribution in [3.63, 3.8) is 0 Å². The van der Waals surface area contributed by atoms with Gasteiger partial charge in [0.05, 0.1) is 0 Å². The Morgan fingerprint density at radius 3 is 2.19 bits per heavy atom. The summed E-state index contributed by atoms with van der Waals surface area (Å²) in [4.78, 5) is 4.76. The molecule has 0 saturated carbocycles. The zero-order chi connectivity index (χ0) is 21.6. The van der Waals surface area contributed by atoms with Crippen molar-refractivity contribution in [1.82, 2.24) is 5.32 Å². The third-order valence-corrected chi connectivity index (χ3v) is 6.36. The first-order chi connectivity index (χ1) is 15.9. The minimum Gasteiger partial charge on any atom is -0.313 e. The van der Waals surface area contributed by atoms with Crippen LogP contribution in [-0.2, 0) is 6.54 Å². The molecule has 2 nitrogen and oxygen atoms in total. The van der Waals surface area contributed by atoms with Gasteiger partial charge in [0.25, 0.3) is 0 Å². The van der Waals surface area contributed by atoms with Crippen LogP contribution in [0.3, 0.4) is 0 Å². The monoisotopic (exact) mass is 418 g/mol. The lowest BCUT2D eigenvalue weighted by atomic mass is 9.92. The third-order valence-electron chi connectivity index (χ3n) is 6.36. The summed E-state index contributed by atoms with van der Waals surface area (Å²) in [5.41, 5.74) is 2.58. The summed E-state index contributed by atoms with van der Waals surface area (Å²) < 4.78 is 0. The molecule has 0 amide bonds. The fraction of sp³-hybridized carbons (Fsp3) is 0.233. The fourth-order valence-corrected chi connectivity index (χ4v) is 4.67. The second-order valence-corrected chi connectivity index (χ2v) is 8.62. The summed E-state index contributed by atoms with van der Waals surface area (Å²) in [7, 11) is 0. The molecule has 0 bridgehead atoms. The van der Waals surface area contributed by atoms with Gasteiger partial charge in [0.1, 0.15) is 0 Å². The highest BCUT2D eigenvalue weighted by molar-refractivity contribution is 6.25. The number of hydrogen-bond acceptors (Lipinski definition) is 2. The molecule has 0 aliphatic carbocycles. The number of nitrogens with one attached hydrogen (secondary N) is 1. The average Bonchev–Trinajstić information content (AvgIpc) is 2.85. The van der Waals surface area contributed by atoms with Crippen molar-refractivity contribution < 1.29 is 0 Å². The van der Waals surface area contributed by atoms with Crippen LogP contribution in [0, 0.1) is 0 Å². The number of nitrogens with zero attached hydrogens (tertiary/aromatic N) is 1. The first kappa shape index (κ1) is 20.7. The molecule has 1 N–H and O–H groups in total. The molecule has 0 saturated heterocycles. The predicted molar refractivity (Wildman–Crippen MR) is 139 cm³/mol. The van der Waals surface area contributed by atoms with E-state index in [2.05, 4.69) is 96.5 Å². The normalized spacial score (nSPS) is 12.0. The molecule has 0 aromatic heterocycles. The minimum absolute atomic E-state index is 0.902. The molecule has 0 aliphatic heterocycles. The summed E-state index contributed by atoms with van der Waals surface area (Å²) in [6.07, 6.45) is 6.96. The smallest absolute Gasteiger partial charge is 0.0389 e. The van der Waals surface area contributed by atoms with Crippen LogP contribution in [0.5, 0.6) is 0 Å². The van der Waals surface area contributed by atoms with E-state index in [4.69, 9.17) is 4.99 Å². The molecular formula is C30H30N2. The van der Waals surface area contributed by atoms with Gasteiger partial charge in [-0.15, -0.1) is 0 Å². The molecular weight excluding hydrogens is 388 g/mol. The minimum atomic E-state index is 0.902. The lowest BCUT2D eigenvalue weighted by molar-refractivity contribution is 0.591. The first-order valence-electron chi connectivity index (χ1n) is 11.8. The van der Waals surface area contributed by atoms with E-state index in [1.165, 1.54) is 62.7 Å². The number of rotatable bonds is 10. The largest absolute Gasteiger partial charge is 0.313 e. The molecule has 0 aliphatic rings. The van der Waals surface area contributed by atoms with Gasteiger partial charge >= 0.3 is 0 Å². The second kappa shape index (κ2) is 9.93. The van der Waals surface area contributed by atoms with Crippen molar-refractivity contribution in [2.45, 2.75) is 32.2 Å². The zero-order valence-corrected chi connectivity index (χ0v) is 18.6. The maximum atomic E-state index is 4.76. The lowest BCUT2D eigenvalue weighted by Gasteiger charge is -2.12. The topological polar surface area (TPSA) is 24.4 Å². The van der Waals surface area contributed by atoms with E-state index in [0.29, 0.717) is 0 Å². The van der Waals surface area contributed by atoms with Crippen LogP contribution in [-0.4, -0.2) is 19.3 Å².